The summed E-state index contributed by atoms with van der Waals surface area (Å²) in [6.45, 7) is 0.593. The largest absolute Gasteiger partial charge is 0.384 e. The number of nitrogen functional groups attached to an aromatic ring is 1. The van der Waals surface area contributed by atoms with E-state index in [-0.39, 0.29) is 5.82 Å². The predicted molar refractivity (Wildman–Crippen MR) is 62.4 cm³/mol. The van der Waals surface area contributed by atoms with E-state index < -0.39 is 0 Å². The summed E-state index contributed by atoms with van der Waals surface area (Å²) in [7, 11) is 0. The number of aromatic nitrogens is 1. The highest BCUT2D eigenvalue weighted by Gasteiger charge is 1.96. The van der Waals surface area contributed by atoms with Gasteiger partial charge in [-0.15, -0.1) is 0 Å². The molecule has 0 saturated heterocycles. The second kappa shape index (κ2) is 4.61. The summed E-state index contributed by atoms with van der Waals surface area (Å²) in [5.41, 5.74) is 7.31. The Morgan fingerprint density at radius 2 is 2.12 bits per heavy atom. The number of hydrogen-bond donors (Lipinski definition) is 2. The van der Waals surface area contributed by atoms with E-state index in [1.165, 1.54) is 12.1 Å². The van der Waals surface area contributed by atoms with Crippen molar-refractivity contribution in [2.45, 2.75) is 6.54 Å². The molecule has 1 aromatic heterocycles. The minimum atomic E-state index is -0.251. The predicted octanol–water partition coefficient (Wildman–Crippen LogP) is 2.42. The molecule has 0 bridgehead atoms. The third-order valence-corrected chi connectivity index (χ3v) is 2.17. The van der Waals surface area contributed by atoms with Crippen LogP contribution in [0.25, 0.3) is 0 Å². The van der Waals surface area contributed by atoms with Gasteiger partial charge < -0.3 is 11.1 Å². The molecule has 0 amide bonds. The molecule has 0 fully saturated rings. The van der Waals surface area contributed by atoms with Crippen molar-refractivity contribution in [1.82, 2.24) is 4.98 Å². The molecule has 0 aliphatic heterocycles. The first-order chi connectivity index (χ1) is 7.74. The lowest BCUT2D eigenvalue weighted by Crippen LogP contribution is -2.01. The Kier molecular flexibility index (Phi) is 3.00. The number of benzene rings is 1. The zero-order valence-corrected chi connectivity index (χ0v) is 8.65. The number of hydrogen-bond acceptors (Lipinski definition) is 3. The van der Waals surface area contributed by atoms with Crippen LogP contribution in [-0.4, -0.2) is 4.98 Å². The molecule has 0 unspecified atom stereocenters. The maximum absolute atomic E-state index is 12.9. The fraction of sp³-hybridized carbons (Fsp3) is 0.0833. The summed E-state index contributed by atoms with van der Waals surface area (Å²) in [6.07, 6.45) is 1.65. The summed E-state index contributed by atoms with van der Waals surface area (Å²) in [6, 6.07) is 9.99. The van der Waals surface area contributed by atoms with Gasteiger partial charge in [-0.3, -0.25) is 0 Å². The standard InChI is InChI=1S/C12H12FN3/c13-10-2-1-3-11(7-10)16-8-9-4-5-15-12(14)6-9/h1-7,16H,8H2,(H2,14,15). The second-order valence-corrected chi connectivity index (χ2v) is 3.45. The lowest BCUT2D eigenvalue weighted by atomic mass is 10.2. The Morgan fingerprint density at radius 1 is 1.25 bits per heavy atom. The zero-order valence-electron chi connectivity index (χ0n) is 8.65. The molecular weight excluding hydrogens is 205 g/mol. The molecule has 82 valence electrons. The van der Waals surface area contributed by atoms with Crippen molar-refractivity contribution >= 4 is 11.5 Å². The molecule has 2 aromatic rings. The number of nitrogens with zero attached hydrogens (tertiary/aromatic N) is 1. The summed E-state index contributed by atoms with van der Waals surface area (Å²) >= 11 is 0. The molecule has 1 heterocycles. The maximum Gasteiger partial charge on any atom is 0.125 e. The molecule has 0 aliphatic rings. The van der Waals surface area contributed by atoms with Crippen molar-refractivity contribution in [3.8, 4) is 0 Å². The SMILES string of the molecule is Nc1cc(CNc2cccc(F)c2)ccn1. The third kappa shape index (κ3) is 2.70. The summed E-state index contributed by atoms with van der Waals surface area (Å²) < 4.78 is 12.9. The van der Waals surface area contributed by atoms with Gasteiger partial charge in [-0.1, -0.05) is 6.07 Å². The van der Waals surface area contributed by atoms with Crippen LogP contribution in [0.4, 0.5) is 15.9 Å². The Balaban J connectivity index is 2.02. The van der Waals surface area contributed by atoms with Crippen LogP contribution >= 0.6 is 0 Å². The number of nitrogens with one attached hydrogen (secondary N) is 1. The summed E-state index contributed by atoms with van der Waals surface area (Å²) in [5.74, 6) is 0.234. The molecule has 3 N–H and O–H groups in total. The average Bonchev–Trinajstić information content (AvgIpc) is 2.27. The lowest BCUT2D eigenvalue weighted by Gasteiger charge is -2.06. The Labute approximate surface area is 93.1 Å². The number of nitrogens with two attached hydrogens (primary N) is 1. The first-order valence-corrected chi connectivity index (χ1v) is 4.94. The Morgan fingerprint density at radius 3 is 2.88 bits per heavy atom. The number of halogens is 1. The molecule has 16 heavy (non-hydrogen) atoms. The van der Waals surface area contributed by atoms with Crippen LogP contribution in [0.15, 0.2) is 42.6 Å². The molecule has 3 nitrogen and oxygen atoms in total. The smallest absolute Gasteiger partial charge is 0.125 e. The van der Waals surface area contributed by atoms with Gasteiger partial charge in [0.25, 0.3) is 0 Å². The van der Waals surface area contributed by atoms with Crippen molar-refractivity contribution in [3.05, 3.63) is 54.0 Å². The van der Waals surface area contributed by atoms with Crippen LogP contribution in [0.1, 0.15) is 5.56 Å². The Bertz CT molecular complexity index is 440. The monoisotopic (exact) mass is 217 g/mol. The lowest BCUT2D eigenvalue weighted by molar-refractivity contribution is 0.628. The number of anilines is 2. The first-order valence-electron chi connectivity index (χ1n) is 4.94. The van der Waals surface area contributed by atoms with Gasteiger partial charge in [0.15, 0.2) is 0 Å². The van der Waals surface area contributed by atoms with E-state index in [0.29, 0.717) is 12.4 Å². The van der Waals surface area contributed by atoms with Gasteiger partial charge in [-0.2, -0.15) is 0 Å². The highest BCUT2D eigenvalue weighted by atomic mass is 19.1. The van der Waals surface area contributed by atoms with E-state index in [9.17, 15) is 4.39 Å². The molecule has 0 atom stereocenters. The minimum Gasteiger partial charge on any atom is -0.384 e. The van der Waals surface area contributed by atoms with Crippen molar-refractivity contribution in [2.75, 3.05) is 11.1 Å². The van der Waals surface area contributed by atoms with Crippen molar-refractivity contribution in [1.29, 1.82) is 0 Å². The molecule has 0 radical (unpaired) electrons. The molecule has 0 aliphatic carbocycles. The van der Waals surface area contributed by atoms with Crippen LogP contribution in [0.2, 0.25) is 0 Å². The Hall–Kier alpha value is -2.10. The van der Waals surface area contributed by atoms with Crippen LogP contribution in [0, 0.1) is 5.82 Å². The quantitative estimate of drug-likeness (QED) is 0.830. The molecule has 0 spiro atoms. The van der Waals surface area contributed by atoms with Crippen molar-refractivity contribution < 1.29 is 4.39 Å². The highest BCUT2D eigenvalue weighted by molar-refractivity contribution is 5.44. The van der Waals surface area contributed by atoms with Crippen LogP contribution in [-0.2, 0) is 6.54 Å². The third-order valence-electron chi connectivity index (χ3n) is 2.17. The van der Waals surface area contributed by atoms with Gasteiger partial charge in [0, 0.05) is 18.4 Å². The van der Waals surface area contributed by atoms with E-state index >= 15 is 0 Å². The fourth-order valence-corrected chi connectivity index (χ4v) is 1.41. The van der Waals surface area contributed by atoms with Gasteiger partial charge in [0.05, 0.1) is 0 Å². The molecule has 2 rings (SSSR count). The van der Waals surface area contributed by atoms with Crippen LogP contribution in [0.5, 0.6) is 0 Å². The molecular formula is C12H12FN3. The highest BCUT2D eigenvalue weighted by Crippen LogP contribution is 2.11. The summed E-state index contributed by atoms with van der Waals surface area (Å²) in [4.78, 5) is 3.90. The fourth-order valence-electron chi connectivity index (χ4n) is 1.41. The average molecular weight is 217 g/mol. The second-order valence-electron chi connectivity index (χ2n) is 3.45. The maximum atomic E-state index is 12.9. The van der Waals surface area contributed by atoms with Crippen LogP contribution < -0.4 is 11.1 Å². The first kappa shape index (κ1) is 10.4. The van der Waals surface area contributed by atoms with E-state index in [2.05, 4.69) is 10.3 Å². The van der Waals surface area contributed by atoms with E-state index in [1.807, 2.05) is 12.1 Å². The van der Waals surface area contributed by atoms with Gasteiger partial charge in [-0.25, -0.2) is 9.37 Å². The van der Waals surface area contributed by atoms with E-state index in [4.69, 9.17) is 5.73 Å². The normalized spacial score (nSPS) is 10.1. The molecule has 4 heteroatoms. The van der Waals surface area contributed by atoms with Gasteiger partial charge in [-0.05, 0) is 35.9 Å². The minimum absolute atomic E-state index is 0.251. The van der Waals surface area contributed by atoms with Crippen molar-refractivity contribution in [3.63, 3.8) is 0 Å². The van der Waals surface area contributed by atoms with Gasteiger partial charge >= 0.3 is 0 Å². The van der Waals surface area contributed by atoms with Gasteiger partial charge in [0.1, 0.15) is 11.6 Å². The van der Waals surface area contributed by atoms with Crippen LogP contribution in [0.3, 0.4) is 0 Å². The zero-order chi connectivity index (χ0) is 11.4. The van der Waals surface area contributed by atoms with E-state index in [0.717, 1.165) is 11.3 Å². The molecule has 1 aromatic carbocycles. The van der Waals surface area contributed by atoms with Crippen molar-refractivity contribution in [2.24, 2.45) is 0 Å². The van der Waals surface area contributed by atoms with Gasteiger partial charge in [0.2, 0.25) is 0 Å². The summed E-state index contributed by atoms with van der Waals surface area (Å²) in [5, 5.41) is 3.11. The topological polar surface area (TPSA) is 50.9 Å². The molecule has 0 saturated carbocycles. The number of pyridine rings is 1. The number of rotatable bonds is 3. The van der Waals surface area contributed by atoms with E-state index in [1.54, 1.807) is 18.3 Å².